The summed E-state index contributed by atoms with van der Waals surface area (Å²) < 4.78 is 86.9. The van der Waals surface area contributed by atoms with Crippen LogP contribution < -0.4 is 9.47 Å². The summed E-state index contributed by atoms with van der Waals surface area (Å²) in [5.41, 5.74) is -0.658. The van der Waals surface area contributed by atoms with E-state index in [1.54, 1.807) is 18.2 Å². The number of hydrogen-bond acceptors (Lipinski definition) is 6. The second-order valence-electron chi connectivity index (χ2n) is 7.57. The average molecular weight is 437 g/mol. The third-order valence-electron chi connectivity index (χ3n) is 5.20. The predicted octanol–water partition coefficient (Wildman–Crippen LogP) is 2.48. The number of rotatable bonds is 10. The van der Waals surface area contributed by atoms with Gasteiger partial charge in [0.15, 0.2) is 17.3 Å². The van der Waals surface area contributed by atoms with Crippen LogP contribution in [-0.4, -0.2) is 79.7 Å². The number of carbonyl (C=O) groups is 1. The lowest BCUT2D eigenvalue weighted by Crippen LogP contribution is -2.50. The molecule has 1 aliphatic rings. The van der Waals surface area contributed by atoms with Gasteiger partial charge in [0.05, 0.1) is 19.1 Å². The molecule has 0 spiro atoms. The average Bonchev–Trinajstić information content (AvgIpc) is 2.83. The number of β-amino-alcohol motifs (C(OH)–C–C–N with tert-alkyl or cyclic N) is 1. The lowest BCUT2D eigenvalue weighted by Gasteiger charge is -2.35. The summed E-state index contributed by atoms with van der Waals surface area (Å²) >= 11 is 0. The number of ketones is 1. The number of methoxy groups -OCH3 is 1. The molecule has 0 aromatic heterocycles. The van der Waals surface area contributed by atoms with Crippen LogP contribution in [0.5, 0.6) is 11.5 Å². The van der Waals surface area contributed by atoms with Crippen molar-refractivity contribution in [1.29, 1.82) is 0 Å². The van der Waals surface area contributed by atoms with E-state index in [4.69, 9.17) is 23.2 Å². The SMILES string of the molecule is [2H]c1cc(C([2H])([2H])[2H])c(CC(=O)CN2CCN(CC(O)COc3ccccc3OC([2H])([2H])[2H])CC2)c(C([2H])([2H])[2H])c1. The highest BCUT2D eigenvalue weighted by atomic mass is 16.5. The van der Waals surface area contributed by atoms with E-state index in [1.165, 1.54) is 6.07 Å². The van der Waals surface area contributed by atoms with Gasteiger partial charge in [-0.15, -0.1) is 0 Å². The van der Waals surface area contributed by atoms with Crippen molar-refractivity contribution in [2.24, 2.45) is 0 Å². The quantitative estimate of drug-likeness (QED) is 0.617. The Kier molecular flexibility index (Phi) is 4.81. The number of para-hydroxylation sites is 2. The van der Waals surface area contributed by atoms with E-state index >= 15 is 0 Å². The Morgan fingerprint density at radius 1 is 1.10 bits per heavy atom. The van der Waals surface area contributed by atoms with Crippen molar-refractivity contribution in [2.45, 2.75) is 26.2 Å². The number of piperazine rings is 1. The number of hydrogen-bond donors (Lipinski definition) is 1. The monoisotopic (exact) mass is 436 g/mol. The molecule has 31 heavy (non-hydrogen) atoms. The highest BCUT2D eigenvalue weighted by Gasteiger charge is 2.21. The van der Waals surface area contributed by atoms with Crippen molar-refractivity contribution < 1.29 is 33.1 Å². The van der Waals surface area contributed by atoms with Crippen LogP contribution >= 0.6 is 0 Å². The second kappa shape index (κ2) is 11.3. The first kappa shape index (κ1) is 13.2. The minimum atomic E-state index is -2.67. The topological polar surface area (TPSA) is 62.2 Å². The molecule has 1 unspecified atom stereocenters. The van der Waals surface area contributed by atoms with Gasteiger partial charge in [-0.1, -0.05) is 30.3 Å². The molecule has 1 atom stereocenters. The van der Waals surface area contributed by atoms with Crippen molar-refractivity contribution in [1.82, 2.24) is 9.80 Å². The molecule has 2 aromatic rings. The Balaban J connectivity index is 1.52. The summed E-state index contributed by atoms with van der Waals surface area (Å²) in [6.45, 7) is -3.07. The van der Waals surface area contributed by atoms with E-state index in [9.17, 15) is 9.90 Å². The number of aliphatic hydroxyl groups excluding tert-OH is 1. The van der Waals surface area contributed by atoms with Crippen molar-refractivity contribution in [3.05, 3.63) is 59.1 Å². The summed E-state index contributed by atoms with van der Waals surface area (Å²) in [5, 5.41) is 10.5. The van der Waals surface area contributed by atoms with Gasteiger partial charge in [0.2, 0.25) is 0 Å². The molecule has 168 valence electrons. The first-order chi connectivity index (χ1) is 18.9. The minimum absolute atomic E-state index is 0.00326. The molecule has 6 heteroatoms. The molecule has 6 nitrogen and oxygen atoms in total. The molecule has 0 amide bonds. The lowest BCUT2D eigenvalue weighted by atomic mass is 9.98. The third kappa shape index (κ3) is 6.79. The number of carbonyl (C=O) groups excluding carboxylic acids is 1. The zero-order valence-electron chi connectivity index (χ0n) is 27.3. The Morgan fingerprint density at radius 2 is 1.77 bits per heavy atom. The van der Waals surface area contributed by atoms with Gasteiger partial charge in [-0.2, -0.15) is 0 Å². The van der Waals surface area contributed by atoms with E-state index in [1.807, 2.05) is 9.80 Å². The van der Waals surface area contributed by atoms with Crippen LogP contribution in [0.4, 0.5) is 0 Å². The molecular formula is C25H34N2O4. The van der Waals surface area contributed by atoms with Crippen LogP contribution in [0, 0.1) is 13.7 Å². The van der Waals surface area contributed by atoms with Gasteiger partial charge in [0.25, 0.3) is 0 Å². The Hall–Kier alpha value is -2.41. The molecule has 0 saturated carbocycles. The number of aliphatic hydroxyl groups is 1. The van der Waals surface area contributed by atoms with Crippen LogP contribution in [0.25, 0.3) is 0 Å². The minimum Gasteiger partial charge on any atom is -0.493 e. The zero-order valence-corrected chi connectivity index (χ0v) is 17.3. The third-order valence-corrected chi connectivity index (χ3v) is 5.20. The summed E-state index contributed by atoms with van der Waals surface area (Å²) in [4.78, 5) is 16.8. The normalized spacial score (nSPS) is 22.1. The maximum Gasteiger partial charge on any atom is 0.161 e. The maximum atomic E-state index is 12.9. The van der Waals surface area contributed by atoms with Crippen molar-refractivity contribution in [3.63, 3.8) is 0 Å². The molecular weight excluding hydrogens is 392 g/mol. The Labute approximate surface area is 199 Å². The summed E-state index contributed by atoms with van der Waals surface area (Å²) in [6, 6.07) is 8.23. The van der Waals surface area contributed by atoms with Gasteiger partial charge in [-0.05, 0) is 42.5 Å². The van der Waals surface area contributed by atoms with Gasteiger partial charge < -0.3 is 14.6 Å². The number of Topliss-reactive ketones (excluding diaryl/α,β-unsaturated/α-hetero) is 1. The van der Waals surface area contributed by atoms with Gasteiger partial charge in [-0.3, -0.25) is 14.6 Å². The highest BCUT2D eigenvalue weighted by molar-refractivity contribution is 5.83. The van der Waals surface area contributed by atoms with E-state index in [2.05, 4.69) is 0 Å². The molecule has 1 heterocycles. The smallest absolute Gasteiger partial charge is 0.161 e. The number of aryl methyl sites for hydroxylation is 2. The number of ether oxygens (including phenoxy) is 2. The lowest BCUT2D eigenvalue weighted by molar-refractivity contribution is -0.120. The van der Waals surface area contributed by atoms with Gasteiger partial charge >= 0.3 is 0 Å². The fourth-order valence-corrected chi connectivity index (χ4v) is 3.54. The fourth-order valence-electron chi connectivity index (χ4n) is 3.54. The van der Waals surface area contributed by atoms with Gasteiger partial charge in [0.1, 0.15) is 12.7 Å². The molecule has 3 rings (SSSR count). The standard InChI is InChI=1S/C25H34N2O4/c1-19-7-6-8-20(2)23(19)15-21(28)16-26-11-13-27(14-12-26)17-22(29)18-31-25-10-5-4-9-24(25)30-3/h4-10,22,29H,11-18H2,1-3H3/i1D3,2D3,3D3,6D. The summed E-state index contributed by atoms with van der Waals surface area (Å²) in [7, 11) is -2.64. The molecule has 1 fully saturated rings. The zero-order chi connectivity index (χ0) is 30.6. The molecule has 0 radical (unpaired) electrons. The second-order valence-corrected chi connectivity index (χ2v) is 7.57. The van der Waals surface area contributed by atoms with Crippen molar-refractivity contribution in [2.75, 3.05) is 52.9 Å². The largest absolute Gasteiger partial charge is 0.493 e. The molecule has 1 saturated heterocycles. The molecule has 0 aliphatic carbocycles. The van der Waals surface area contributed by atoms with Crippen LogP contribution in [0.15, 0.2) is 42.4 Å². The van der Waals surface area contributed by atoms with Crippen molar-refractivity contribution >= 4 is 5.78 Å². The molecule has 0 bridgehead atoms. The van der Waals surface area contributed by atoms with Crippen molar-refractivity contribution in [3.8, 4) is 11.5 Å². The Bertz CT molecular complexity index is 1160. The highest BCUT2D eigenvalue weighted by Crippen LogP contribution is 2.25. The number of nitrogens with zero attached hydrogens (tertiary/aromatic N) is 2. The van der Waals surface area contributed by atoms with E-state index < -0.39 is 26.8 Å². The van der Waals surface area contributed by atoms with Crippen LogP contribution in [0.3, 0.4) is 0 Å². The van der Waals surface area contributed by atoms with E-state index in [0.717, 1.165) is 12.1 Å². The molecule has 1 N–H and O–H groups in total. The van der Waals surface area contributed by atoms with Crippen LogP contribution in [0.2, 0.25) is 0 Å². The first-order valence-corrected chi connectivity index (χ1v) is 10.1. The summed E-state index contributed by atoms with van der Waals surface area (Å²) in [6.07, 6.45) is -1.24. The van der Waals surface area contributed by atoms with Crippen LogP contribution in [-0.2, 0) is 11.2 Å². The molecule has 2 aromatic carbocycles. The maximum absolute atomic E-state index is 12.9. The van der Waals surface area contributed by atoms with E-state index in [0.29, 0.717) is 26.2 Å². The van der Waals surface area contributed by atoms with Gasteiger partial charge in [0, 0.05) is 47.4 Å². The molecule has 1 aliphatic heterocycles. The summed E-state index contributed by atoms with van der Waals surface area (Å²) in [5.74, 6) is -0.0872. The number of benzene rings is 2. The van der Waals surface area contributed by atoms with E-state index in [-0.39, 0.29) is 66.1 Å². The fraction of sp³-hybridized carbons (Fsp3) is 0.480. The predicted molar refractivity (Wildman–Crippen MR) is 122 cm³/mol. The van der Waals surface area contributed by atoms with Crippen LogP contribution in [0.1, 0.15) is 30.4 Å². The van der Waals surface area contributed by atoms with Gasteiger partial charge in [-0.25, -0.2) is 0 Å². The Morgan fingerprint density at radius 3 is 2.45 bits per heavy atom. The first-order valence-electron chi connectivity index (χ1n) is 15.1.